The van der Waals surface area contributed by atoms with Crippen LogP contribution in [0.2, 0.25) is 0 Å². The van der Waals surface area contributed by atoms with Gasteiger partial charge in [-0.25, -0.2) is 0 Å². The summed E-state index contributed by atoms with van der Waals surface area (Å²) < 4.78 is 41.1. The van der Waals surface area contributed by atoms with Crippen molar-refractivity contribution in [2.24, 2.45) is 0 Å². The van der Waals surface area contributed by atoms with Crippen molar-refractivity contribution < 1.29 is 22.5 Å². The first-order valence-corrected chi connectivity index (χ1v) is 4.84. The zero-order valence-corrected chi connectivity index (χ0v) is 7.15. The Kier molecular flexibility index (Phi) is 2.58. The molecule has 1 heterocycles. The monoisotopic (exact) mass is 201 g/mol. The number of hydrogen-bond donors (Lipinski definition) is 0. The molecule has 0 aromatic rings. The minimum absolute atomic E-state index is 0.0422. The number of alkyl halides is 3. The van der Waals surface area contributed by atoms with Crippen LogP contribution in [-0.2, 0) is 9.32 Å². The van der Waals surface area contributed by atoms with Crippen molar-refractivity contribution in [2.45, 2.75) is 6.18 Å². The van der Waals surface area contributed by atoms with E-state index in [1.165, 1.54) is 6.66 Å². The van der Waals surface area contributed by atoms with Gasteiger partial charge in [-0.3, -0.25) is 9.46 Å². The SMILES string of the molecule is CP1OCCN1C(=O)C(F)(F)F. The van der Waals surface area contributed by atoms with Gasteiger partial charge in [-0.05, 0) is 6.66 Å². The smallest absolute Gasteiger partial charge is 0.337 e. The lowest BCUT2D eigenvalue weighted by Gasteiger charge is -2.19. The predicted octanol–water partition coefficient (Wildman–Crippen LogP) is 1.35. The molecule has 1 saturated heterocycles. The molecule has 12 heavy (non-hydrogen) atoms. The summed E-state index contributed by atoms with van der Waals surface area (Å²) in [4.78, 5) is 10.6. The summed E-state index contributed by atoms with van der Waals surface area (Å²) in [5, 5.41) is 0. The molecule has 1 fully saturated rings. The molecule has 3 nitrogen and oxygen atoms in total. The Balaban J connectivity index is 2.64. The summed E-state index contributed by atoms with van der Waals surface area (Å²) in [5.41, 5.74) is 0. The van der Waals surface area contributed by atoms with Gasteiger partial charge in [0.15, 0.2) is 0 Å². The molecule has 1 aliphatic heterocycles. The molecule has 1 rings (SSSR count). The third-order valence-corrected chi connectivity index (χ3v) is 3.02. The Labute approximate surface area is 68.4 Å². The van der Waals surface area contributed by atoms with Crippen LogP contribution in [0.15, 0.2) is 0 Å². The molecule has 70 valence electrons. The van der Waals surface area contributed by atoms with Crippen molar-refractivity contribution in [3.8, 4) is 0 Å². The van der Waals surface area contributed by atoms with Crippen LogP contribution in [0.3, 0.4) is 0 Å². The lowest BCUT2D eigenvalue weighted by atomic mass is 10.5. The van der Waals surface area contributed by atoms with E-state index in [9.17, 15) is 18.0 Å². The first-order valence-electron chi connectivity index (χ1n) is 3.18. The van der Waals surface area contributed by atoms with E-state index in [1.54, 1.807) is 0 Å². The van der Waals surface area contributed by atoms with Gasteiger partial charge in [0.25, 0.3) is 0 Å². The largest absolute Gasteiger partial charge is 0.471 e. The van der Waals surface area contributed by atoms with Gasteiger partial charge in [0.05, 0.1) is 13.2 Å². The van der Waals surface area contributed by atoms with Crippen molar-refractivity contribution in [3.05, 3.63) is 0 Å². The van der Waals surface area contributed by atoms with E-state index < -0.39 is 20.4 Å². The van der Waals surface area contributed by atoms with Gasteiger partial charge in [0.2, 0.25) is 0 Å². The maximum Gasteiger partial charge on any atom is 0.471 e. The topological polar surface area (TPSA) is 29.5 Å². The summed E-state index contributed by atoms with van der Waals surface area (Å²) in [5.74, 6) is -1.80. The lowest BCUT2D eigenvalue weighted by Crippen LogP contribution is -2.36. The second-order valence-electron chi connectivity index (χ2n) is 2.22. The van der Waals surface area contributed by atoms with Crippen LogP contribution >= 0.6 is 8.30 Å². The molecule has 0 saturated carbocycles. The van der Waals surface area contributed by atoms with Gasteiger partial charge < -0.3 is 4.52 Å². The first kappa shape index (κ1) is 9.74. The van der Waals surface area contributed by atoms with E-state index in [2.05, 4.69) is 0 Å². The van der Waals surface area contributed by atoms with E-state index in [0.29, 0.717) is 0 Å². The van der Waals surface area contributed by atoms with Gasteiger partial charge in [0.1, 0.15) is 8.30 Å². The maximum atomic E-state index is 11.8. The summed E-state index contributed by atoms with van der Waals surface area (Å²) in [6, 6.07) is 0. The third-order valence-electron chi connectivity index (χ3n) is 1.40. The summed E-state index contributed by atoms with van der Waals surface area (Å²) in [6.45, 7) is 1.72. The van der Waals surface area contributed by atoms with Crippen LogP contribution in [0.1, 0.15) is 0 Å². The number of amides is 1. The average Bonchev–Trinajstić information content (AvgIpc) is 2.31. The second kappa shape index (κ2) is 3.18. The molecule has 0 N–H and O–H groups in total. The average molecular weight is 201 g/mol. The predicted molar refractivity (Wildman–Crippen MR) is 36.6 cm³/mol. The van der Waals surface area contributed by atoms with Crippen molar-refractivity contribution in [1.29, 1.82) is 0 Å². The molecule has 7 heteroatoms. The zero-order chi connectivity index (χ0) is 9.35. The van der Waals surface area contributed by atoms with E-state index in [-0.39, 0.29) is 13.2 Å². The summed E-state index contributed by atoms with van der Waals surface area (Å²) in [6.07, 6.45) is -4.77. The fourth-order valence-corrected chi connectivity index (χ4v) is 2.06. The van der Waals surface area contributed by atoms with Crippen molar-refractivity contribution in [3.63, 3.8) is 0 Å². The number of carbonyl (C=O) groups is 1. The summed E-state index contributed by atoms with van der Waals surface area (Å²) >= 11 is 0. The Morgan fingerprint density at radius 2 is 2.17 bits per heavy atom. The fourth-order valence-electron chi connectivity index (χ4n) is 0.846. The number of nitrogens with zero attached hydrogens (tertiary/aromatic N) is 1. The molecule has 0 bridgehead atoms. The van der Waals surface area contributed by atoms with Crippen LogP contribution in [0.4, 0.5) is 13.2 Å². The molecule has 0 aromatic carbocycles. The number of halogens is 3. The van der Waals surface area contributed by atoms with E-state index in [0.717, 1.165) is 4.67 Å². The van der Waals surface area contributed by atoms with E-state index in [4.69, 9.17) is 4.52 Å². The molecule has 1 unspecified atom stereocenters. The summed E-state index contributed by atoms with van der Waals surface area (Å²) in [7, 11) is -1.37. The van der Waals surface area contributed by atoms with Crippen LogP contribution in [0, 0.1) is 0 Å². The normalized spacial score (nSPS) is 24.7. The number of carbonyl (C=O) groups excluding carboxylic acids is 1. The van der Waals surface area contributed by atoms with Crippen LogP contribution in [-0.4, -0.2) is 36.6 Å². The molecule has 1 atom stereocenters. The highest BCUT2D eigenvalue weighted by Gasteiger charge is 2.45. The molecule has 1 aliphatic rings. The molecule has 1 amide bonds. The van der Waals surface area contributed by atoms with Crippen LogP contribution in [0.5, 0.6) is 0 Å². The number of hydrogen-bond acceptors (Lipinski definition) is 2. The van der Waals surface area contributed by atoms with Gasteiger partial charge in [-0.2, -0.15) is 13.2 Å². The fraction of sp³-hybridized carbons (Fsp3) is 0.800. The molecular formula is C5H7F3NO2P. The van der Waals surface area contributed by atoms with Crippen LogP contribution in [0.25, 0.3) is 0 Å². The van der Waals surface area contributed by atoms with E-state index >= 15 is 0 Å². The Morgan fingerprint density at radius 1 is 1.58 bits per heavy atom. The number of rotatable bonds is 0. The quantitative estimate of drug-likeness (QED) is 0.553. The maximum absolute atomic E-state index is 11.8. The molecule has 0 spiro atoms. The van der Waals surface area contributed by atoms with Crippen molar-refractivity contribution in [2.75, 3.05) is 19.8 Å². The molecule has 0 aliphatic carbocycles. The van der Waals surface area contributed by atoms with E-state index in [1.807, 2.05) is 0 Å². The van der Waals surface area contributed by atoms with Crippen LogP contribution < -0.4 is 0 Å². The third kappa shape index (κ3) is 1.87. The van der Waals surface area contributed by atoms with Crippen molar-refractivity contribution in [1.82, 2.24) is 4.67 Å². The standard InChI is InChI=1S/C5H7F3NO2P/c1-12-9(2-3-11-12)4(10)5(6,7)8/h2-3H2,1H3. The zero-order valence-electron chi connectivity index (χ0n) is 6.26. The van der Waals surface area contributed by atoms with Crippen molar-refractivity contribution >= 4 is 14.2 Å². The Bertz CT molecular complexity index is 196. The minimum atomic E-state index is -4.77. The lowest BCUT2D eigenvalue weighted by molar-refractivity contribution is -0.179. The first-order chi connectivity index (χ1) is 5.43. The van der Waals surface area contributed by atoms with Gasteiger partial charge in [-0.1, -0.05) is 0 Å². The van der Waals surface area contributed by atoms with Gasteiger partial charge in [-0.15, -0.1) is 0 Å². The Morgan fingerprint density at radius 3 is 2.50 bits per heavy atom. The highest BCUT2D eigenvalue weighted by molar-refractivity contribution is 7.50. The molecule has 0 radical (unpaired) electrons. The minimum Gasteiger partial charge on any atom is -0.337 e. The highest BCUT2D eigenvalue weighted by Crippen LogP contribution is 2.43. The molecular weight excluding hydrogens is 194 g/mol. The van der Waals surface area contributed by atoms with Gasteiger partial charge >= 0.3 is 12.1 Å². The second-order valence-corrected chi connectivity index (χ2v) is 3.89. The Hall–Kier alpha value is -0.350. The molecule has 0 aromatic heterocycles. The van der Waals surface area contributed by atoms with Gasteiger partial charge in [0, 0.05) is 0 Å². The highest BCUT2D eigenvalue weighted by atomic mass is 31.2.